The summed E-state index contributed by atoms with van der Waals surface area (Å²) in [5.41, 5.74) is 3.85. The van der Waals surface area contributed by atoms with Crippen LogP contribution >= 0.6 is 0 Å². The van der Waals surface area contributed by atoms with Crippen molar-refractivity contribution < 1.29 is 13.7 Å². The average molecular weight is 596 g/mol. The maximum absolute atomic E-state index is 8.80. The third kappa shape index (κ3) is 3.01. The zero-order chi connectivity index (χ0) is 38.6. The highest BCUT2D eigenvalue weighted by molar-refractivity contribution is 6.37. The number of fused-ring (bicyclic) bond motifs is 4. The highest BCUT2D eigenvalue weighted by atomic mass is 15.2. The van der Waals surface area contributed by atoms with Gasteiger partial charge in [-0.1, -0.05) is 115 Å². The molecule has 4 aromatic heterocycles. The second-order valence-electron chi connectivity index (χ2n) is 11.3. The largest absolute Gasteiger partial charge is 0.308 e. The fraction of sp³-hybridized carbons (Fsp3) is 0. The standard InChI is InChI=1S/C41H23N5/c1-3-10-26(11-4-1)39-42-40(27-12-5-2-6-13-27)44-41(43-39)46-32-22-19-24-14-9-17-31-34(24)36(32)37-33(46)23-20-25-18-21-29-28-15-7-8-16-30(28)45(31)38(29)35(25)37/h1-23H/i1D,2D,3D,4D,5D,6D,10D,11D,12D,13D. The molecule has 0 saturated carbocycles. The van der Waals surface area contributed by atoms with Crippen molar-refractivity contribution in [1.82, 2.24) is 23.9 Å². The third-order valence-electron chi connectivity index (χ3n) is 9.04. The summed E-state index contributed by atoms with van der Waals surface area (Å²) in [5, 5.41) is 8.05. The predicted molar refractivity (Wildman–Crippen MR) is 188 cm³/mol. The Morgan fingerprint density at radius 3 is 1.78 bits per heavy atom. The summed E-state index contributed by atoms with van der Waals surface area (Å²) < 4.78 is 89.4. The van der Waals surface area contributed by atoms with E-state index < -0.39 is 60.4 Å². The fourth-order valence-electron chi connectivity index (χ4n) is 7.28. The maximum atomic E-state index is 8.80. The number of rotatable bonds is 3. The molecule has 7 aromatic carbocycles. The first kappa shape index (κ1) is 16.7. The quantitative estimate of drug-likeness (QED) is 0.204. The van der Waals surface area contributed by atoms with Crippen LogP contribution in [0.1, 0.15) is 13.7 Å². The SMILES string of the molecule is [2H]c1c([2H])c([2H])c(-c2nc(-c3c([2H])c([2H])c([2H])c([2H])c3[2H])nc(-n3c4ccc5cccc6c5c4c4c5c(ccc7c8ccccc8n6c75)ccc43)n2)c([2H])c1[2H]. The van der Waals surface area contributed by atoms with Gasteiger partial charge in [-0.2, -0.15) is 9.97 Å². The number of hydrogen-bond donors (Lipinski definition) is 0. The average Bonchev–Trinajstić information content (AvgIpc) is 3.69. The van der Waals surface area contributed by atoms with Gasteiger partial charge in [0.1, 0.15) is 0 Å². The van der Waals surface area contributed by atoms with E-state index in [9.17, 15) is 0 Å². The van der Waals surface area contributed by atoms with Crippen LogP contribution in [0.15, 0.2) is 139 Å². The van der Waals surface area contributed by atoms with E-state index in [2.05, 4.69) is 45.8 Å². The molecule has 46 heavy (non-hydrogen) atoms. The minimum atomic E-state index is -0.601. The van der Waals surface area contributed by atoms with Crippen molar-refractivity contribution in [2.45, 2.75) is 0 Å². The van der Waals surface area contributed by atoms with Crippen LogP contribution in [0.2, 0.25) is 0 Å². The molecule has 0 amide bonds. The lowest BCUT2D eigenvalue weighted by Crippen LogP contribution is -2.06. The van der Waals surface area contributed by atoms with Crippen LogP contribution < -0.4 is 0 Å². The highest BCUT2D eigenvalue weighted by Crippen LogP contribution is 2.47. The molecule has 11 rings (SSSR count). The molecule has 4 heterocycles. The van der Waals surface area contributed by atoms with Gasteiger partial charge in [0.2, 0.25) is 5.95 Å². The van der Waals surface area contributed by atoms with Gasteiger partial charge in [-0.05, 0) is 35.0 Å². The van der Waals surface area contributed by atoms with Crippen LogP contribution in [0.3, 0.4) is 0 Å². The Bertz CT molecular complexity index is 3410. The summed E-state index contributed by atoms with van der Waals surface area (Å²) in [6.07, 6.45) is 0. The number of para-hydroxylation sites is 1. The lowest BCUT2D eigenvalue weighted by atomic mass is 9.98. The van der Waals surface area contributed by atoms with Gasteiger partial charge < -0.3 is 4.40 Å². The van der Waals surface area contributed by atoms with E-state index in [0.717, 1.165) is 59.6 Å². The van der Waals surface area contributed by atoms with Crippen molar-refractivity contribution in [3.05, 3.63) is 139 Å². The van der Waals surface area contributed by atoms with E-state index in [1.54, 1.807) is 0 Å². The number of hydrogen-bond acceptors (Lipinski definition) is 3. The molecule has 0 spiro atoms. The smallest absolute Gasteiger partial charge is 0.238 e. The Hall–Kier alpha value is -6.33. The Morgan fingerprint density at radius 2 is 1.07 bits per heavy atom. The van der Waals surface area contributed by atoms with Crippen molar-refractivity contribution in [2.24, 2.45) is 0 Å². The third-order valence-corrected chi connectivity index (χ3v) is 9.04. The van der Waals surface area contributed by atoms with Crippen molar-refractivity contribution in [3.63, 3.8) is 0 Å². The van der Waals surface area contributed by atoms with E-state index in [-0.39, 0.29) is 28.7 Å². The van der Waals surface area contributed by atoms with E-state index in [4.69, 9.17) is 23.7 Å². The Balaban J connectivity index is 1.36. The first-order valence-corrected chi connectivity index (χ1v) is 14.7. The van der Waals surface area contributed by atoms with Crippen molar-refractivity contribution in [3.8, 4) is 28.7 Å². The molecule has 5 nitrogen and oxygen atoms in total. The van der Waals surface area contributed by atoms with E-state index >= 15 is 0 Å². The molecule has 5 heteroatoms. The molecule has 0 saturated heterocycles. The fourth-order valence-corrected chi connectivity index (χ4v) is 7.28. The summed E-state index contributed by atoms with van der Waals surface area (Å²) in [4.78, 5) is 14.1. The van der Waals surface area contributed by atoms with Crippen molar-refractivity contribution >= 4 is 70.7 Å². The molecule has 0 aliphatic carbocycles. The summed E-state index contributed by atoms with van der Waals surface area (Å²) in [6, 6.07) is 20.9. The molecule has 11 aromatic rings. The van der Waals surface area contributed by atoms with E-state index in [0.29, 0.717) is 11.0 Å². The molecule has 0 fully saturated rings. The molecule has 0 N–H and O–H groups in total. The number of nitrogens with zero attached hydrogens (tertiary/aromatic N) is 5. The van der Waals surface area contributed by atoms with E-state index in [1.165, 1.54) is 0 Å². The lowest BCUT2D eigenvalue weighted by Gasteiger charge is -2.12. The molecule has 0 unspecified atom stereocenters. The van der Waals surface area contributed by atoms with Crippen LogP contribution in [0, 0.1) is 0 Å². The highest BCUT2D eigenvalue weighted by Gasteiger charge is 2.25. The van der Waals surface area contributed by atoms with Crippen LogP contribution in [-0.2, 0) is 0 Å². The monoisotopic (exact) mass is 595 g/mol. The molecule has 0 radical (unpaired) electrons. The Morgan fingerprint density at radius 1 is 0.457 bits per heavy atom. The zero-order valence-corrected chi connectivity index (χ0v) is 23.7. The van der Waals surface area contributed by atoms with Gasteiger partial charge in [-0.25, -0.2) is 4.98 Å². The van der Waals surface area contributed by atoms with Crippen LogP contribution in [0.4, 0.5) is 0 Å². The van der Waals surface area contributed by atoms with Crippen molar-refractivity contribution in [1.29, 1.82) is 0 Å². The predicted octanol–water partition coefficient (Wildman–Crippen LogP) is 10.0. The molecule has 0 atom stereocenters. The number of aromatic nitrogens is 5. The molecule has 212 valence electrons. The minimum absolute atomic E-state index is 0.0342. The summed E-state index contributed by atoms with van der Waals surface area (Å²) >= 11 is 0. The van der Waals surface area contributed by atoms with Crippen LogP contribution in [0.25, 0.3) is 99.4 Å². The Kier molecular flexibility index (Phi) is 3.13. The topological polar surface area (TPSA) is 48.0 Å². The first-order valence-electron chi connectivity index (χ1n) is 19.7. The summed E-state index contributed by atoms with van der Waals surface area (Å²) in [7, 11) is 0. The maximum Gasteiger partial charge on any atom is 0.238 e. The molecule has 0 bridgehead atoms. The van der Waals surface area contributed by atoms with Gasteiger partial charge in [0.05, 0.1) is 41.3 Å². The van der Waals surface area contributed by atoms with E-state index in [1.807, 2.05) is 47.0 Å². The molecule has 0 aliphatic heterocycles. The lowest BCUT2D eigenvalue weighted by molar-refractivity contribution is 0.954. The van der Waals surface area contributed by atoms with Gasteiger partial charge in [-0.3, -0.25) is 4.57 Å². The van der Waals surface area contributed by atoms with Gasteiger partial charge >= 0.3 is 0 Å². The summed E-state index contributed by atoms with van der Waals surface area (Å²) in [6.45, 7) is 0. The molecular formula is C41H23N5. The Labute approximate surface area is 276 Å². The molecular weight excluding hydrogens is 562 g/mol. The van der Waals surface area contributed by atoms with Crippen LogP contribution in [-0.4, -0.2) is 23.9 Å². The second-order valence-corrected chi connectivity index (χ2v) is 11.3. The normalized spacial score (nSPS) is 15.4. The van der Waals surface area contributed by atoms with Gasteiger partial charge in [0.15, 0.2) is 11.6 Å². The van der Waals surface area contributed by atoms with Gasteiger partial charge in [0.25, 0.3) is 0 Å². The number of benzene rings is 7. The minimum Gasteiger partial charge on any atom is -0.308 e. The molecule has 0 aliphatic rings. The van der Waals surface area contributed by atoms with Crippen molar-refractivity contribution in [2.75, 3.05) is 0 Å². The van der Waals surface area contributed by atoms with Gasteiger partial charge in [-0.15, -0.1) is 0 Å². The van der Waals surface area contributed by atoms with Gasteiger partial charge in [0, 0.05) is 43.4 Å². The zero-order valence-electron chi connectivity index (χ0n) is 33.7. The first-order chi connectivity index (χ1) is 27.0. The summed E-state index contributed by atoms with van der Waals surface area (Å²) in [5.74, 6) is -0.672. The van der Waals surface area contributed by atoms with Crippen LogP contribution in [0.5, 0.6) is 0 Å². The second kappa shape index (κ2) is 8.65.